The zero-order valence-corrected chi connectivity index (χ0v) is 12.5. The summed E-state index contributed by atoms with van der Waals surface area (Å²) in [5, 5.41) is 6.47. The zero-order chi connectivity index (χ0) is 14.8. The highest BCUT2D eigenvalue weighted by molar-refractivity contribution is 6.30. The summed E-state index contributed by atoms with van der Waals surface area (Å²) in [5.74, 6) is 0.331. The van der Waals surface area contributed by atoms with E-state index in [1.54, 1.807) is 24.5 Å². The number of carbonyl (C=O) groups is 1. The number of carbonyl (C=O) groups excluding carboxylic acids is 1. The second-order valence-corrected chi connectivity index (χ2v) is 5.36. The van der Waals surface area contributed by atoms with Crippen molar-refractivity contribution in [1.82, 2.24) is 5.01 Å². The first-order valence-corrected chi connectivity index (χ1v) is 7.35. The van der Waals surface area contributed by atoms with Gasteiger partial charge >= 0.3 is 0 Å². The Hall–Kier alpha value is -1.78. The quantitative estimate of drug-likeness (QED) is 0.806. The van der Waals surface area contributed by atoms with Gasteiger partial charge in [-0.05, 0) is 29.8 Å². The van der Waals surface area contributed by atoms with E-state index in [1.165, 1.54) is 5.01 Å². The van der Waals surface area contributed by atoms with Crippen LogP contribution < -0.4 is 0 Å². The molecule has 1 amide bonds. The van der Waals surface area contributed by atoms with E-state index < -0.39 is 0 Å². The highest BCUT2D eigenvalue weighted by Crippen LogP contribution is 2.33. The van der Waals surface area contributed by atoms with Crippen molar-refractivity contribution in [2.45, 2.75) is 12.5 Å². The zero-order valence-electron chi connectivity index (χ0n) is 11.0. The Morgan fingerprint density at radius 3 is 2.71 bits per heavy atom. The largest absolute Gasteiger partial charge is 0.467 e. The third kappa shape index (κ3) is 2.82. The third-order valence-corrected chi connectivity index (χ3v) is 3.81. The van der Waals surface area contributed by atoms with Crippen molar-refractivity contribution >= 4 is 34.8 Å². The van der Waals surface area contributed by atoms with Gasteiger partial charge in [0.2, 0.25) is 0 Å². The van der Waals surface area contributed by atoms with Crippen LogP contribution in [0, 0.1) is 0 Å². The maximum Gasteiger partial charge on any atom is 0.258 e. The molecule has 4 nitrogen and oxygen atoms in total. The number of benzene rings is 1. The number of rotatable bonds is 3. The first kappa shape index (κ1) is 14.2. The molecule has 0 saturated carbocycles. The Morgan fingerprint density at radius 1 is 1.33 bits per heavy atom. The van der Waals surface area contributed by atoms with Gasteiger partial charge in [0.25, 0.3) is 5.91 Å². The monoisotopic (exact) mass is 322 g/mol. The van der Waals surface area contributed by atoms with E-state index in [4.69, 9.17) is 27.6 Å². The first-order chi connectivity index (χ1) is 10.2. The van der Waals surface area contributed by atoms with Crippen molar-refractivity contribution in [2.24, 2.45) is 5.10 Å². The van der Waals surface area contributed by atoms with Crippen LogP contribution in [0.15, 0.2) is 52.2 Å². The first-order valence-electron chi connectivity index (χ1n) is 6.44. The highest BCUT2D eigenvalue weighted by Gasteiger charge is 2.34. The number of alkyl halides is 1. The molecule has 0 aliphatic carbocycles. The average Bonchev–Trinajstić information content (AvgIpc) is 3.16. The third-order valence-electron chi connectivity index (χ3n) is 3.33. The number of nitrogens with zero attached hydrogens (tertiary/aromatic N) is 2. The van der Waals surface area contributed by atoms with E-state index in [0.717, 1.165) is 11.3 Å². The number of hydrogen-bond donors (Lipinski definition) is 0. The van der Waals surface area contributed by atoms with Crippen LogP contribution in [0.5, 0.6) is 0 Å². The lowest BCUT2D eigenvalue weighted by Crippen LogP contribution is -2.27. The molecule has 1 atom stereocenters. The van der Waals surface area contributed by atoms with Gasteiger partial charge in [-0.2, -0.15) is 5.10 Å². The van der Waals surface area contributed by atoms with Crippen LogP contribution >= 0.6 is 23.2 Å². The van der Waals surface area contributed by atoms with Gasteiger partial charge in [-0.1, -0.05) is 23.7 Å². The molecule has 2 aromatic rings. The molecule has 3 rings (SSSR count). The van der Waals surface area contributed by atoms with Gasteiger partial charge in [0, 0.05) is 11.4 Å². The Kier molecular flexibility index (Phi) is 3.99. The van der Waals surface area contributed by atoms with E-state index in [1.807, 2.05) is 18.2 Å². The molecule has 0 fully saturated rings. The minimum absolute atomic E-state index is 0.116. The van der Waals surface area contributed by atoms with E-state index in [9.17, 15) is 4.79 Å². The number of furan rings is 1. The van der Waals surface area contributed by atoms with Crippen LogP contribution in [0.25, 0.3) is 0 Å². The number of hydrogen-bond acceptors (Lipinski definition) is 3. The van der Waals surface area contributed by atoms with Crippen molar-refractivity contribution in [3.63, 3.8) is 0 Å². The number of halogens is 2. The van der Waals surface area contributed by atoms with Crippen molar-refractivity contribution in [3.8, 4) is 0 Å². The van der Waals surface area contributed by atoms with Gasteiger partial charge in [0.1, 0.15) is 17.7 Å². The second kappa shape index (κ2) is 5.92. The van der Waals surface area contributed by atoms with Crippen molar-refractivity contribution in [2.75, 3.05) is 5.88 Å². The van der Waals surface area contributed by atoms with E-state index >= 15 is 0 Å². The summed E-state index contributed by atoms with van der Waals surface area (Å²) >= 11 is 11.6. The maximum absolute atomic E-state index is 12.0. The molecule has 0 radical (unpaired) electrons. The minimum Gasteiger partial charge on any atom is -0.467 e. The Balaban J connectivity index is 1.93. The van der Waals surface area contributed by atoms with E-state index in [0.29, 0.717) is 17.2 Å². The summed E-state index contributed by atoms with van der Waals surface area (Å²) in [6, 6.07) is 10.7. The highest BCUT2D eigenvalue weighted by atomic mass is 35.5. The predicted octanol–water partition coefficient (Wildman–Crippen LogP) is 3.85. The average molecular weight is 323 g/mol. The summed E-state index contributed by atoms with van der Waals surface area (Å²) in [6.45, 7) is 0. The topological polar surface area (TPSA) is 45.8 Å². The Labute approximate surface area is 131 Å². The van der Waals surface area contributed by atoms with Gasteiger partial charge in [-0.25, -0.2) is 5.01 Å². The fourth-order valence-corrected chi connectivity index (χ4v) is 2.57. The summed E-state index contributed by atoms with van der Waals surface area (Å²) in [6.07, 6.45) is 2.16. The molecule has 0 saturated heterocycles. The lowest BCUT2D eigenvalue weighted by Gasteiger charge is -2.18. The van der Waals surface area contributed by atoms with Crippen LogP contribution in [0.3, 0.4) is 0 Å². The molecule has 108 valence electrons. The predicted molar refractivity (Wildman–Crippen MR) is 81.6 cm³/mol. The van der Waals surface area contributed by atoms with Crippen molar-refractivity contribution in [1.29, 1.82) is 0 Å². The maximum atomic E-state index is 12.0. The molecule has 1 aromatic heterocycles. The summed E-state index contributed by atoms with van der Waals surface area (Å²) in [5.41, 5.74) is 1.74. The summed E-state index contributed by atoms with van der Waals surface area (Å²) in [7, 11) is 0. The van der Waals surface area contributed by atoms with Crippen molar-refractivity contribution in [3.05, 3.63) is 59.0 Å². The molecule has 0 unspecified atom stereocenters. The smallest absolute Gasteiger partial charge is 0.258 e. The molecule has 2 heterocycles. The Morgan fingerprint density at radius 2 is 2.10 bits per heavy atom. The van der Waals surface area contributed by atoms with Crippen LogP contribution in [0.2, 0.25) is 5.02 Å². The van der Waals surface area contributed by atoms with E-state index in [2.05, 4.69) is 5.10 Å². The molecule has 1 aliphatic heterocycles. The second-order valence-electron chi connectivity index (χ2n) is 4.66. The molecular weight excluding hydrogens is 311 g/mol. The van der Waals surface area contributed by atoms with Crippen molar-refractivity contribution < 1.29 is 9.21 Å². The molecule has 1 aliphatic rings. The number of hydrazone groups is 1. The van der Waals surface area contributed by atoms with Gasteiger partial charge in [-0.3, -0.25) is 4.79 Å². The standard InChI is InChI=1S/C15H12Cl2N2O2/c16-9-15(20)19-13(14-2-1-7-21-14)8-12(18-19)10-3-5-11(17)6-4-10/h1-7,13H,8-9H2/t13-/m0/s1. The molecule has 21 heavy (non-hydrogen) atoms. The van der Waals surface area contributed by atoms with Crippen LogP contribution in [0.1, 0.15) is 23.8 Å². The minimum atomic E-state index is -0.253. The lowest BCUT2D eigenvalue weighted by molar-refractivity contribution is -0.130. The normalized spacial score (nSPS) is 17.9. The lowest BCUT2D eigenvalue weighted by atomic mass is 10.0. The summed E-state index contributed by atoms with van der Waals surface area (Å²) < 4.78 is 5.41. The molecule has 0 bridgehead atoms. The van der Waals surface area contributed by atoms with Crippen LogP contribution in [0.4, 0.5) is 0 Å². The fourth-order valence-electron chi connectivity index (χ4n) is 2.32. The molecule has 6 heteroatoms. The number of amides is 1. The molecule has 1 aromatic carbocycles. The van der Waals surface area contributed by atoms with Crippen LogP contribution in [-0.2, 0) is 4.79 Å². The van der Waals surface area contributed by atoms with Gasteiger partial charge in [0.05, 0.1) is 12.0 Å². The van der Waals surface area contributed by atoms with Gasteiger partial charge < -0.3 is 4.42 Å². The fraction of sp³-hybridized carbons (Fsp3) is 0.200. The molecular formula is C15H12Cl2N2O2. The Bertz CT molecular complexity index is 665. The SMILES string of the molecule is O=C(CCl)N1N=C(c2ccc(Cl)cc2)C[C@H]1c1ccco1. The van der Waals surface area contributed by atoms with Gasteiger partial charge in [-0.15, -0.1) is 11.6 Å². The van der Waals surface area contributed by atoms with Gasteiger partial charge in [0.15, 0.2) is 0 Å². The molecule has 0 spiro atoms. The molecule has 0 N–H and O–H groups in total. The van der Waals surface area contributed by atoms with E-state index in [-0.39, 0.29) is 17.8 Å². The summed E-state index contributed by atoms with van der Waals surface area (Å²) in [4.78, 5) is 12.0. The van der Waals surface area contributed by atoms with Crippen LogP contribution in [-0.4, -0.2) is 22.5 Å².